The molecule has 0 saturated carbocycles. The minimum absolute atomic E-state index is 0.164. The number of aromatic nitrogens is 3. The summed E-state index contributed by atoms with van der Waals surface area (Å²) in [7, 11) is 0. The van der Waals surface area contributed by atoms with Gasteiger partial charge in [0, 0.05) is 18.2 Å². The molecule has 0 unspecified atom stereocenters. The number of aromatic amines is 1. The quantitative estimate of drug-likeness (QED) is 0.428. The van der Waals surface area contributed by atoms with Gasteiger partial charge in [-0.25, -0.2) is 9.37 Å². The summed E-state index contributed by atoms with van der Waals surface area (Å²) in [6.07, 6.45) is 2.25. The summed E-state index contributed by atoms with van der Waals surface area (Å²) in [5.41, 5.74) is 2.26. The molecule has 0 amide bonds. The van der Waals surface area contributed by atoms with Crippen molar-refractivity contribution in [2.45, 2.75) is 19.8 Å². The Hall–Kier alpha value is -4.13. The first kappa shape index (κ1) is 19.8. The maximum absolute atomic E-state index is 14.7. The number of aromatic hydroxyl groups is 1. The number of phenolic OH excluding ortho intramolecular Hbond substituents is 1. The SMILES string of the molecule is Cc1ccc(Cc2nc3c(Cc4ccccc4)[nH]c(-c4cccc(O)c4F)cn-3c2=O)o1. The number of halogens is 1. The van der Waals surface area contributed by atoms with Gasteiger partial charge in [0.05, 0.1) is 17.8 Å². The number of imidazole rings is 1. The first-order chi connectivity index (χ1) is 15.5. The van der Waals surface area contributed by atoms with Gasteiger partial charge in [-0.2, -0.15) is 0 Å². The van der Waals surface area contributed by atoms with Gasteiger partial charge in [0.1, 0.15) is 17.2 Å². The zero-order valence-corrected chi connectivity index (χ0v) is 17.3. The zero-order chi connectivity index (χ0) is 22.2. The number of rotatable bonds is 5. The fourth-order valence-electron chi connectivity index (χ4n) is 3.83. The largest absolute Gasteiger partial charge is 0.505 e. The maximum Gasteiger partial charge on any atom is 0.278 e. The number of furan rings is 1. The Morgan fingerprint density at radius 1 is 1.06 bits per heavy atom. The van der Waals surface area contributed by atoms with Gasteiger partial charge >= 0.3 is 0 Å². The van der Waals surface area contributed by atoms with E-state index in [4.69, 9.17) is 4.42 Å². The Balaban J connectivity index is 1.68. The van der Waals surface area contributed by atoms with Gasteiger partial charge in [-0.3, -0.25) is 9.36 Å². The third kappa shape index (κ3) is 3.58. The van der Waals surface area contributed by atoms with Crippen LogP contribution in [0.15, 0.2) is 76.1 Å². The first-order valence-corrected chi connectivity index (χ1v) is 10.2. The van der Waals surface area contributed by atoms with E-state index in [1.54, 1.807) is 12.1 Å². The Kier molecular flexibility index (Phi) is 4.86. The summed E-state index contributed by atoms with van der Waals surface area (Å²) < 4.78 is 21.7. The molecule has 7 heteroatoms. The molecule has 160 valence electrons. The highest BCUT2D eigenvalue weighted by atomic mass is 19.1. The van der Waals surface area contributed by atoms with Crippen LogP contribution in [-0.2, 0) is 12.8 Å². The third-order valence-electron chi connectivity index (χ3n) is 5.38. The standard InChI is InChI=1S/C25H20FN3O3/c1-15-10-11-17(32-15)13-20-25(31)29-14-21(18-8-5-9-22(30)23(18)26)27-19(24(29)28-20)12-16-6-3-2-4-7-16/h2-11,14,27,30H,12-13H2,1H3. The molecule has 2 aliphatic heterocycles. The molecule has 2 N–H and O–H groups in total. The summed E-state index contributed by atoms with van der Waals surface area (Å²) in [4.78, 5) is 21.0. The van der Waals surface area contributed by atoms with Crippen LogP contribution in [0.4, 0.5) is 4.39 Å². The molecule has 3 aromatic rings. The Bertz CT molecular complexity index is 1430. The number of benzene rings is 2. The lowest BCUT2D eigenvalue weighted by atomic mass is 10.1. The molecule has 3 heterocycles. The fraction of sp³-hybridized carbons (Fsp3) is 0.120. The predicted octanol–water partition coefficient (Wildman–Crippen LogP) is 4.59. The summed E-state index contributed by atoms with van der Waals surface area (Å²) in [6, 6.07) is 17.8. The predicted molar refractivity (Wildman–Crippen MR) is 118 cm³/mol. The minimum atomic E-state index is -0.757. The molecule has 6 nitrogen and oxygen atoms in total. The van der Waals surface area contributed by atoms with Crippen LogP contribution in [0, 0.1) is 12.7 Å². The van der Waals surface area contributed by atoms with Crippen LogP contribution in [-0.4, -0.2) is 19.6 Å². The van der Waals surface area contributed by atoms with Crippen molar-refractivity contribution < 1.29 is 13.9 Å². The molecular formula is C25H20FN3O3. The van der Waals surface area contributed by atoms with E-state index in [1.807, 2.05) is 49.4 Å². The van der Waals surface area contributed by atoms with Gasteiger partial charge in [0.2, 0.25) is 0 Å². The smallest absolute Gasteiger partial charge is 0.278 e. The second-order valence-corrected chi connectivity index (χ2v) is 7.69. The fourth-order valence-corrected chi connectivity index (χ4v) is 3.83. The Labute approximate surface area is 183 Å². The number of phenols is 1. The van der Waals surface area contributed by atoms with Gasteiger partial charge in [-0.05, 0) is 36.8 Å². The van der Waals surface area contributed by atoms with Crippen LogP contribution in [0.2, 0.25) is 0 Å². The van der Waals surface area contributed by atoms with Crippen molar-refractivity contribution in [3.63, 3.8) is 0 Å². The molecule has 5 rings (SSSR count). The number of aryl methyl sites for hydroxylation is 1. The lowest BCUT2D eigenvalue weighted by molar-refractivity contribution is 0.433. The molecular weight excluding hydrogens is 409 g/mol. The normalized spacial score (nSPS) is 11.3. The molecule has 0 aliphatic carbocycles. The van der Waals surface area contributed by atoms with Crippen molar-refractivity contribution in [3.05, 3.63) is 112 Å². The summed E-state index contributed by atoms with van der Waals surface area (Å²) in [6.45, 7) is 1.84. The highest BCUT2D eigenvalue weighted by Gasteiger charge is 2.22. The van der Waals surface area contributed by atoms with E-state index in [0.29, 0.717) is 35.1 Å². The topological polar surface area (TPSA) is 84.0 Å². The number of nitrogens with one attached hydrogen (secondary N) is 1. The average Bonchev–Trinajstić information content (AvgIpc) is 3.34. The molecule has 0 fully saturated rings. The molecule has 0 radical (unpaired) electrons. The lowest BCUT2D eigenvalue weighted by Gasteiger charge is -2.14. The van der Waals surface area contributed by atoms with Crippen LogP contribution in [0.3, 0.4) is 0 Å². The summed E-state index contributed by atoms with van der Waals surface area (Å²) >= 11 is 0. The zero-order valence-electron chi connectivity index (χ0n) is 17.3. The Morgan fingerprint density at radius 2 is 1.88 bits per heavy atom. The monoisotopic (exact) mass is 429 g/mol. The molecule has 0 bridgehead atoms. The minimum Gasteiger partial charge on any atom is -0.505 e. The van der Waals surface area contributed by atoms with E-state index >= 15 is 0 Å². The molecule has 2 aromatic carbocycles. The number of nitrogens with zero attached hydrogens (tertiary/aromatic N) is 2. The van der Waals surface area contributed by atoms with Crippen molar-refractivity contribution in [2.75, 3.05) is 0 Å². The van der Waals surface area contributed by atoms with Crippen molar-refractivity contribution in [1.82, 2.24) is 14.5 Å². The molecule has 1 aromatic heterocycles. The van der Waals surface area contributed by atoms with Gasteiger partial charge in [0.25, 0.3) is 5.56 Å². The van der Waals surface area contributed by atoms with E-state index in [0.717, 1.165) is 11.3 Å². The molecule has 0 spiro atoms. The van der Waals surface area contributed by atoms with Crippen molar-refractivity contribution in [3.8, 4) is 22.8 Å². The van der Waals surface area contributed by atoms with E-state index in [1.165, 1.54) is 16.8 Å². The summed E-state index contributed by atoms with van der Waals surface area (Å²) in [5, 5.41) is 9.82. The molecule has 32 heavy (non-hydrogen) atoms. The van der Waals surface area contributed by atoms with Gasteiger partial charge in [-0.15, -0.1) is 0 Å². The Morgan fingerprint density at radius 3 is 2.62 bits per heavy atom. The van der Waals surface area contributed by atoms with Crippen LogP contribution < -0.4 is 5.56 Å². The van der Waals surface area contributed by atoms with Crippen molar-refractivity contribution in [1.29, 1.82) is 0 Å². The van der Waals surface area contributed by atoms with Gasteiger partial charge < -0.3 is 14.5 Å². The van der Waals surface area contributed by atoms with Crippen molar-refractivity contribution in [2.24, 2.45) is 0 Å². The second kappa shape index (κ2) is 7.85. The van der Waals surface area contributed by atoms with E-state index in [2.05, 4.69) is 9.97 Å². The second-order valence-electron chi connectivity index (χ2n) is 7.69. The van der Waals surface area contributed by atoms with E-state index in [9.17, 15) is 14.3 Å². The number of hydrogen-bond donors (Lipinski definition) is 2. The first-order valence-electron chi connectivity index (χ1n) is 10.2. The number of hydrogen-bond acceptors (Lipinski definition) is 4. The third-order valence-corrected chi connectivity index (χ3v) is 5.38. The van der Waals surface area contributed by atoms with Crippen LogP contribution in [0.5, 0.6) is 5.75 Å². The molecule has 0 saturated heterocycles. The highest BCUT2D eigenvalue weighted by Crippen LogP contribution is 2.29. The average molecular weight is 429 g/mol. The molecule has 2 aliphatic rings. The molecule has 0 atom stereocenters. The summed E-state index contributed by atoms with van der Waals surface area (Å²) in [5.74, 6) is 0.670. The van der Waals surface area contributed by atoms with E-state index in [-0.39, 0.29) is 17.5 Å². The van der Waals surface area contributed by atoms with Gasteiger partial charge in [0.15, 0.2) is 17.4 Å². The lowest BCUT2D eigenvalue weighted by Crippen LogP contribution is -2.18. The van der Waals surface area contributed by atoms with Crippen LogP contribution >= 0.6 is 0 Å². The van der Waals surface area contributed by atoms with Crippen LogP contribution in [0.1, 0.15) is 28.5 Å². The number of fused-ring (bicyclic) bond motifs is 1. The van der Waals surface area contributed by atoms with E-state index < -0.39 is 11.6 Å². The maximum atomic E-state index is 14.7. The van der Waals surface area contributed by atoms with Crippen LogP contribution in [0.25, 0.3) is 17.1 Å². The highest BCUT2D eigenvalue weighted by molar-refractivity contribution is 5.63. The van der Waals surface area contributed by atoms with Gasteiger partial charge in [-0.1, -0.05) is 36.4 Å². The number of H-pyrrole nitrogens is 1. The van der Waals surface area contributed by atoms with Crippen molar-refractivity contribution >= 4 is 0 Å².